The Hall–Kier alpha value is -2.12. The lowest BCUT2D eigenvalue weighted by molar-refractivity contribution is -0.132. The van der Waals surface area contributed by atoms with Gasteiger partial charge in [0.25, 0.3) is 5.91 Å². The lowest BCUT2D eigenvalue weighted by Crippen LogP contribution is -2.50. The highest BCUT2D eigenvalue weighted by molar-refractivity contribution is 7.80. The SMILES string of the molecule is CC1=C(C(=O)N2CCOCC2)[C@@H](c2ccc(N(C)C)cc2)N(C)C(=S)N1C. The molecule has 1 aromatic carbocycles. The molecule has 2 heterocycles. The quantitative estimate of drug-likeness (QED) is 0.739. The van der Waals surface area contributed by atoms with Gasteiger partial charge in [-0.2, -0.15) is 0 Å². The van der Waals surface area contributed by atoms with Gasteiger partial charge in [0.15, 0.2) is 5.11 Å². The van der Waals surface area contributed by atoms with E-state index in [0.29, 0.717) is 31.4 Å². The van der Waals surface area contributed by atoms with E-state index in [9.17, 15) is 4.79 Å². The maximum absolute atomic E-state index is 13.4. The van der Waals surface area contributed by atoms with Gasteiger partial charge in [-0.05, 0) is 36.8 Å². The first-order chi connectivity index (χ1) is 12.8. The maximum Gasteiger partial charge on any atom is 0.254 e. The van der Waals surface area contributed by atoms with Gasteiger partial charge in [-0.1, -0.05) is 12.1 Å². The number of carbonyl (C=O) groups is 1. The molecule has 0 spiro atoms. The number of ether oxygens (including phenoxy) is 1. The van der Waals surface area contributed by atoms with Gasteiger partial charge >= 0.3 is 0 Å². The Bertz CT molecular complexity index is 754. The van der Waals surface area contributed by atoms with Crippen molar-refractivity contribution in [2.45, 2.75) is 13.0 Å². The number of morpholine rings is 1. The molecular weight excluding hydrogens is 360 g/mol. The summed E-state index contributed by atoms with van der Waals surface area (Å²) in [5.41, 5.74) is 3.89. The van der Waals surface area contributed by atoms with Gasteiger partial charge < -0.3 is 24.3 Å². The van der Waals surface area contributed by atoms with E-state index in [4.69, 9.17) is 17.0 Å². The largest absolute Gasteiger partial charge is 0.378 e. The molecule has 2 aliphatic rings. The average Bonchev–Trinajstić information content (AvgIpc) is 2.69. The van der Waals surface area contributed by atoms with Crippen LogP contribution < -0.4 is 4.90 Å². The van der Waals surface area contributed by atoms with Gasteiger partial charge in [-0.15, -0.1) is 0 Å². The summed E-state index contributed by atoms with van der Waals surface area (Å²) in [5, 5.41) is 0.715. The molecular formula is C20H28N4O2S. The molecule has 1 aromatic rings. The van der Waals surface area contributed by atoms with Crippen molar-refractivity contribution < 1.29 is 9.53 Å². The summed E-state index contributed by atoms with van der Waals surface area (Å²) in [6.07, 6.45) is 0. The molecule has 0 N–H and O–H groups in total. The molecule has 146 valence electrons. The van der Waals surface area contributed by atoms with Crippen molar-refractivity contribution in [3.63, 3.8) is 0 Å². The summed E-state index contributed by atoms with van der Waals surface area (Å²) in [7, 11) is 7.92. The van der Waals surface area contributed by atoms with Gasteiger partial charge in [0.1, 0.15) is 0 Å². The molecule has 7 heteroatoms. The fourth-order valence-corrected chi connectivity index (χ4v) is 3.86. The summed E-state index contributed by atoms with van der Waals surface area (Å²) in [6.45, 7) is 4.41. The molecule has 1 saturated heterocycles. The molecule has 27 heavy (non-hydrogen) atoms. The fourth-order valence-electron chi connectivity index (χ4n) is 3.62. The normalized spacial score (nSPS) is 21.0. The van der Waals surface area contributed by atoms with Crippen LogP contribution in [0.1, 0.15) is 18.5 Å². The Morgan fingerprint density at radius 1 is 1.15 bits per heavy atom. The summed E-state index contributed by atoms with van der Waals surface area (Å²) in [5.74, 6) is 0.0682. The van der Waals surface area contributed by atoms with Crippen LogP contribution >= 0.6 is 12.2 Å². The third kappa shape index (κ3) is 3.66. The molecule has 3 rings (SSSR count). The van der Waals surface area contributed by atoms with Gasteiger partial charge in [0, 0.05) is 52.7 Å². The van der Waals surface area contributed by atoms with Crippen molar-refractivity contribution in [1.29, 1.82) is 0 Å². The average molecular weight is 389 g/mol. The van der Waals surface area contributed by atoms with Crippen molar-refractivity contribution in [2.24, 2.45) is 0 Å². The van der Waals surface area contributed by atoms with E-state index < -0.39 is 0 Å². The zero-order chi connectivity index (χ0) is 19.7. The molecule has 0 aromatic heterocycles. The van der Waals surface area contributed by atoms with Gasteiger partial charge in [0.05, 0.1) is 24.8 Å². The van der Waals surface area contributed by atoms with Crippen LogP contribution in [0.25, 0.3) is 0 Å². The number of carbonyl (C=O) groups excluding carboxylic acids is 1. The van der Waals surface area contributed by atoms with Crippen molar-refractivity contribution in [1.82, 2.24) is 14.7 Å². The molecule has 6 nitrogen and oxygen atoms in total. The molecule has 0 bridgehead atoms. The van der Waals surface area contributed by atoms with E-state index in [2.05, 4.69) is 29.2 Å². The molecule has 0 saturated carbocycles. The van der Waals surface area contributed by atoms with Crippen molar-refractivity contribution in [2.75, 3.05) is 59.4 Å². The van der Waals surface area contributed by atoms with E-state index >= 15 is 0 Å². The minimum Gasteiger partial charge on any atom is -0.378 e. The molecule has 1 fully saturated rings. The Balaban J connectivity index is 2.04. The molecule has 0 radical (unpaired) electrons. The van der Waals surface area contributed by atoms with E-state index in [1.54, 1.807) is 0 Å². The Labute approximate surface area is 167 Å². The van der Waals surface area contributed by atoms with E-state index in [1.165, 1.54) is 0 Å². The number of nitrogens with zero attached hydrogens (tertiary/aromatic N) is 4. The topological polar surface area (TPSA) is 39.3 Å². The van der Waals surface area contributed by atoms with Gasteiger partial charge in [-0.25, -0.2) is 0 Å². The Morgan fingerprint density at radius 3 is 2.30 bits per heavy atom. The summed E-state index contributed by atoms with van der Waals surface area (Å²) >= 11 is 5.63. The van der Waals surface area contributed by atoms with Crippen LogP contribution in [0.15, 0.2) is 35.5 Å². The summed E-state index contributed by atoms with van der Waals surface area (Å²) < 4.78 is 5.41. The lowest BCUT2D eigenvalue weighted by atomic mass is 9.92. The zero-order valence-electron chi connectivity index (χ0n) is 16.7. The lowest BCUT2D eigenvalue weighted by Gasteiger charge is -2.43. The van der Waals surface area contributed by atoms with E-state index in [1.807, 2.05) is 49.8 Å². The van der Waals surface area contributed by atoms with Crippen LogP contribution in [0.2, 0.25) is 0 Å². The van der Waals surface area contributed by atoms with Crippen LogP contribution in [0.4, 0.5) is 5.69 Å². The third-order valence-corrected chi connectivity index (χ3v) is 5.96. The highest BCUT2D eigenvalue weighted by Crippen LogP contribution is 2.37. The first kappa shape index (κ1) is 19.6. The number of hydrogen-bond acceptors (Lipinski definition) is 4. The predicted octanol–water partition coefficient (Wildman–Crippen LogP) is 2.09. The van der Waals surface area contributed by atoms with Gasteiger partial charge in [-0.3, -0.25) is 4.79 Å². The number of likely N-dealkylation sites (N-methyl/N-ethyl adjacent to an activating group) is 1. The molecule has 1 atom stereocenters. The van der Waals surface area contributed by atoms with Crippen LogP contribution in [0.3, 0.4) is 0 Å². The van der Waals surface area contributed by atoms with Crippen molar-refractivity contribution >= 4 is 28.9 Å². The molecule has 0 unspecified atom stereocenters. The minimum atomic E-state index is -0.194. The Morgan fingerprint density at radius 2 is 1.74 bits per heavy atom. The van der Waals surface area contributed by atoms with Gasteiger partial charge in [0.2, 0.25) is 0 Å². The van der Waals surface area contributed by atoms with Crippen LogP contribution in [-0.4, -0.2) is 80.2 Å². The maximum atomic E-state index is 13.4. The predicted molar refractivity (Wildman–Crippen MR) is 112 cm³/mol. The van der Waals surface area contributed by atoms with E-state index in [-0.39, 0.29) is 11.9 Å². The summed E-state index contributed by atoms with van der Waals surface area (Å²) in [6, 6.07) is 8.14. The molecule has 0 aliphatic carbocycles. The second-order valence-electron chi connectivity index (χ2n) is 7.24. The zero-order valence-corrected chi connectivity index (χ0v) is 17.5. The Kier molecular flexibility index (Phi) is 5.72. The second kappa shape index (κ2) is 7.86. The second-order valence-corrected chi connectivity index (χ2v) is 7.61. The first-order valence-corrected chi connectivity index (χ1v) is 9.59. The number of anilines is 1. The first-order valence-electron chi connectivity index (χ1n) is 9.18. The fraction of sp³-hybridized carbons (Fsp3) is 0.500. The smallest absolute Gasteiger partial charge is 0.254 e. The number of thiocarbonyl (C=S) groups is 1. The summed E-state index contributed by atoms with van der Waals surface area (Å²) in [4.78, 5) is 21.3. The number of amides is 1. The highest BCUT2D eigenvalue weighted by atomic mass is 32.1. The van der Waals surface area contributed by atoms with Crippen molar-refractivity contribution in [3.05, 3.63) is 41.1 Å². The van der Waals surface area contributed by atoms with Crippen molar-refractivity contribution in [3.8, 4) is 0 Å². The standard InChI is InChI=1S/C20H28N4O2S/c1-14-17(19(25)24-10-12-26-13-11-24)18(23(5)20(27)22(14)4)15-6-8-16(9-7-15)21(2)3/h6-9,18H,10-13H2,1-5H3/t18-/m1/s1. The number of benzene rings is 1. The highest BCUT2D eigenvalue weighted by Gasteiger charge is 2.38. The van der Waals surface area contributed by atoms with Crippen LogP contribution in [-0.2, 0) is 9.53 Å². The van der Waals surface area contributed by atoms with Crippen LogP contribution in [0.5, 0.6) is 0 Å². The monoisotopic (exact) mass is 388 g/mol. The molecule has 2 aliphatic heterocycles. The number of allylic oxidation sites excluding steroid dienone is 1. The molecule has 1 amide bonds. The number of rotatable bonds is 3. The number of hydrogen-bond donors (Lipinski definition) is 0. The minimum absolute atomic E-state index is 0.0682. The van der Waals surface area contributed by atoms with Crippen LogP contribution in [0, 0.1) is 0 Å². The third-order valence-electron chi connectivity index (χ3n) is 5.40. The van der Waals surface area contributed by atoms with E-state index in [0.717, 1.165) is 22.5 Å².